The standard InChI is InChI=1S/C2H4O3.BrH.Na/c1-2(3)5-4;;/h4H,1H3;1H;/q;;+1/p-1. The van der Waals surface area contributed by atoms with Crippen molar-refractivity contribution in [2.75, 3.05) is 0 Å². The van der Waals surface area contributed by atoms with Gasteiger partial charge in [0.25, 0.3) is 0 Å². The maximum Gasteiger partial charge on any atom is 1.00 e. The predicted octanol–water partition coefficient (Wildman–Crippen LogP) is -5.97. The zero-order valence-electron chi connectivity index (χ0n) is 4.14. The quantitative estimate of drug-likeness (QED) is 0.229. The first-order chi connectivity index (χ1) is 2.27. The van der Waals surface area contributed by atoms with Crippen molar-refractivity contribution in [2.45, 2.75) is 6.92 Å². The van der Waals surface area contributed by atoms with Gasteiger partial charge in [-0.05, 0) is 0 Å². The van der Waals surface area contributed by atoms with Crippen molar-refractivity contribution in [2.24, 2.45) is 0 Å². The summed E-state index contributed by atoms with van der Waals surface area (Å²) in [5.74, 6) is -0.690. The monoisotopic (exact) mass is 178 g/mol. The topological polar surface area (TPSA) is 46.5 Å². The number of carbonyl (C=O) groups is 1. The van der Waals surface area contributed by atoms with Gasteiger partial charge in [-0.1, -0.05) is 0 Å². The molecular formula is C2H4BrNaO3. The summed E-state index contributed by atoms with van der Waals surface area (Å²) in [7, 11) is 0. The molecule has 0 saturated carbocycles. The smallest absolute Gasteiger partial charge is 1.00 e. The van der Waals surface area contributed by atoms with Gasteiger partial charge < -0.3 is 21.9 Å². The van der Waals surface area contributed by atoms with E-state index in [9.17, 15) is 4.79 Å². The molecule has 0 atom stereocenters. The molecule has 38 valence electrons. The zero-order valence-corrected chi connectivity index (χ0v) is 7.73. The summed E-state index contributed by atoms with van der Waals surface area (Å²) in [4.78, 5) is 12.5. The van der Waals surface area contributed by atoms with Gasteiger partial charge >= 0.3 is 35.5 Å². The van der Waals surface area contributed by atoms with Gasteiger partial charge in [-0.3, -0.25) is 0 Å². The first-order valence-corrected chi connectivity index (χ1v) is 1.09. The van der Waals surface area contributed by atoms with Gasteiger partial charge in [0.2, 0.25) is 0 Å². The maximum atomic E-state index is 9.34. The number of hydrogen-bond donors (Lipinski definition) is 1. The molecule has 0 aromatic carbocycles. The van der Waals surface area contributed by atoms with E-state index in [0.29, 0.717) is 0 Å². The molecule has 0 rings (SSSR count). The van der Waals surface area contributed by atoms with Crippen molar-refractivity contribution in [3.05, 3.63) is 0 Å². The van der Waals surface area contributed by atoms with Gasteiger partial charge in [-0.25, -0.2) is 4.79 Å². The molecular weight excluding hydrogens is 175 g/mol. The summed E-state index contributed by atoms with van der Waals surface area (Å²) in [5.41, 5.74) is 0. The van der Waals surface area contributed by atoms with Crippen molar-refractivity contribution in [3.8, 4) is 0 Å². The van der Waals surface area contributed by atoms with Crippen molar-refractivity contribution < 1.29 is 61.5 Å². The average molecular weight is 179 g/mol. The van der Waals surface area contributed by atoms with Crippen LogP contribution in [0.5, 0.6) is 0 Å². The van der Waals surface area contributed by atoms with Gasteiger partial charge in [0.15, 0.2) is 0 Å². The van der Waals surface area contributed by atoms with E-state index in [1.54, 1.807) is 0 Å². The Morgan fingerprint density at radius 2 is 1.86 bits per heavy atom. The fourth-order valence-corrected chi connectivity index (χ4v) is 0. The fourth-order valence-electron chi connectivity index (χ4n) is 0. The van der Waals surface area contributed by atoms with Crippen LogP contribution in [0, 0.1) is 0 Å². The van der Waals surface area contributed by atoms with Crippen LogP contribution in [0.1, 0.15) is 6.92 Å². The summed E-state index contributed by atoms with van der Waals surface area (Å²) in [6.45, 7) is 1.11. The van der Waals surface area contributed by atoms with Crippen LogP contribution in [-0.4, -0.2) is 11.2 Å². The second kappa shape index (κ2) is 10.0. The molecule has 0 amide bonds. The molecule has 0 fully saturated rings. The molecule has 0 heterocycles. The van der Waals surface area contributed by atoms with Crippen LogP contribution in [0.2, 0.25) is 0 Å². The van der Waals surface area contributed by atoms with Crippen molar-refractivity contribution in [1.82, 2.24) is 0 Å². The summed E-state index contributed by atoms with van der Waals surface area (Å²) in [5, 5.41) is 7.29. The SMILES string of the molecule is CC(=O)OO.[Br-].[Na+]. The third kappa shape index (κ3) is 19.7. The van der Waals surface area contributed by atoms with Crippen LogP contribution in [0.3, 0.4) is 0 Å². The minimum atomic E-state index is -0.690. The molecule has 7 heavy (non-hydrogen) atoms. The van der Waals surface area contributed by atoms with E-state index in [0.717, 1.165) is 6.92 Å². The number of halogens is 1. The minimum absolute atomic E-state index is 0. The molecule has 0 bridgehead atoms. The van der Waals surface area contributed by atoms with E-state index in [-0.39, 0.29) is 46.5 Å². The minimum Gasteiger partial charge on any atom is -1.00 e. The van der Waals surface area contributed by atoms with Crippen molar-refractivity contribution >= 4 is 5.97 Å². The predicted molar refractivity (Wildman–Crippen MR) is 14.4 cm³/mol. The van der Waals surface area contributed by atoms with Gasteiger partial charge in [0.1, 0.15) is 0 Å². The molecule has 0 aliphatic carbocycles. The van der Waals surface area contributed by atoms with Gasteiger partial charge in [-0.15, -0.1) is 0 Å². The largest absolute Gasteiger partial charge is 1.00 e. The maximum absolute atomic E-state index is 9.34. The van der Waals surface area contributed by atoms with E-state index in [4.69, 9.17) is 5.26 Å². The van der Waals surface area contributed by atoms with Gasteiger partial charge in [-0.2, -0.15) is 5.26 Å². The summed E-state index contributed by atoms with van der Waals surface area (Å²) >= 11 is 0. The Labute approximate surface area is 74.0 Å². The van der Waals surface area contributed by atoms with Crippen LogP contribution in [0.15, 0.2) is 0 Å². The van der Waals surface area contributed by atoms with E-state index in [2.05, 4.69) is 4.89 Å². The Kier molecular flexibility index (Phi) is 22.4. The Hall–Kier alpha value is 0.910. The number of rotatable bonds is 0. The third-order valence-electron chi connectivity index (χ3n) is 0.129. The second-order valence-corrected chi connectivity index (χ2v) is 0.583. The molecule has 0 aromatic heterocycles. The van der Waals surface area contributed by atoms with E-state index >= 15 is 0 Å². The van der Waals surface area contributed by atoms with E-state index < -0.39 is 5.97 Å². The van der Waals surface area contributed by atoms with Crippen LogP contribution in [0.25, 0.3) is 0 Å². The Morgan fingerprint density at radius 1 is 1.71 bits per heavy atom. The van der Waals surface area contributed by atoms with Gasteiger partial charge in [0, 0.05) is 6.92 Å². The zero-order chi connectivity index (χ0) is 4.28. The third-order valence-corrected chi connectivity index (χ3v) is 0.129. The Morgan fingerprint density at radius 3 is 1.86 bits per heavy atom. The van der Waals surface area contributed by atoms with Crippen molar-refractivity contribution in [3.63, 3.8) is 0 Å². The molecule has 0 aromatic rings. The molecule has 0 spiro atoms. The summed E-state index contributed by atoms with van der Waals surface area (Å²) < 4.78 is 0. The number of carbonyl (C=O) groups excluding carboxylic acids is 1. The Balaban J connectivity index is -0.0000000800. The first kappa shape index (κ1) is 15.7. The molecule has 0 aliphatic rings. The molecule has 0 aliphatic heterocycles. The van der Waals surface area contributed by atoms with Crippen molar-refractivity contribution in [1.29, 1.82) is 0 Å². The van der Waals surface area contributed by atoms with E-state index in [1.165, 1.54) is 0 Å². The van der Waals surface area contributed by atoms with Crippen LogP contribution in [-0.2, 0) is 9.68 Å². The fraction of sp³-hybridized carbons (Fsp3) is 0.500. The average Bonchev–Trinajstić information content (AvgIpc) is 1.38. The van der Waals surface area contributed by atoms with Gasteiger partial charge in [0.05, 0.1) is 0 Å². The summed E-state index contributed by atoms with van der Waals surface area (Å²) in [6, 6.07) is 0. The van der Waals surface area contributed by atoms with Crippen LogP contribution in [0.4, 0.5) is 0 Å². The Bertz CT molecular complexity index is 48.2. The summed E-state index contributed by atoms with van der Waals surface area (Å²) in [6.07, 6.45) is 0. The second-order valence-electron chi connectivity index (χ2n) is 0.583. The first-order valence-electron chi connectivity index (χ1n) is 1.09. The van der Waals surface area contributed by atoms with Crippen LogP contribution >= 0.6 is 0 Å². The molecule has 3 nitrogen and oxygen atoms in total. The molecule has 0 saturated heterocycles. The molecule has 0 unspecified atom stereocenters. The van der Waals surface area contributed by atoms with E-state index in [1.807, 2.05) is 0 Å². The molecule has 0 radical (unpaired) electrons. The normalized spacial score (nSPS) is 4.86. The molecule has 5 heteroatoms. The number of hydrogen-bond acceptors (Lipinski definition) is 3. The molecule has 1 N–H and O–H groups in total. The van der Waals surface area contributed by atoms with Crippen LogP contribution < -0.4 is 46.5 Å².